The number of amides is 1. The third-order valence-electron chi connectivity index (χ3n) is 5.14. The lowest BCUT2D eigenvalue weighted by Gasteiger charge is -2.12. The van der Waals surface area contributed by atoms with Gasteiger partial charge in [0.15, 0.2) is 5.76 Å². The minimum absolute atomic E-state index is 0.222. The first kappa shape index (κ1) is 22.2. The second kappa shape index (κ2) is 10.1. The molecular weight excluding hydrogens is 508 g/mol. The van der Waals surface area contributed by atoms with Gasteiger partial charge in [-0.25, -0.2) is 4.98 Å². The molecule has 0 saturated heterocycles. The molecule has 0 aliphatic heterocycles. The van der Waals surface area contributed by atoms with Gasteiger partial charge in [0.1, 0.15) is 0 Å². The number of oxazole rings is 1. The van der Waals surface area contributed by atoms with Crippen molar-refractivity contribution in [3.05, 3.63) is 119 Å². The summed E-state index contributed by atoms with van der Waals surface area (Å²) in [6.07, 6.45) is 1.68. The molecule has 5 aromatic rings. The molecule has 166 valence electrons. The summed E-state index contributed by atoms with van der Waals surface area (Å²) in [7, 11) is 0. The first-order chi connectivity index (χ1) is 16.7. The largest absolute Gasteiger partial charge is 0.436 e. The first-order valence-corrected chi connectivity index (χ1v) is 12.2. The van der Waals surface area contributed by atoms with Crippen molar-refractivity contribution in [3.8, 4) is 22.8 Å². The lowest BCUT2D eigenvalue weighted by atomic mass is 10.1. The highest BCUT2D eigenvalue weighted by molar-refractivity contribution is 9.10. The van der Waals surface area contributed by atoms with E-state index >= 15 is 0 Å². The lowest BCUT2D eigenvalue weighted by Crippen LogP contribution is -2.13. The molecule has 0 atom stereocenters. The van der Waals surface area contributed by atoms with Gasteiger partial charge < -0.3 is 9.73 Å². The maximum Gasteiger partial charge on any atom is 0.256 e. The molecule has 1 heterocycles. The molecule has 0 spiro atoms. The van der Waals surface area contributed by atoms with Crippen molar-refractivity contribution in [1.29, 1.82) is 0 Å². The maximum absolute atomic E-state index is 13.3. The number of halogens is 1. The van der Waals surface area contributed by atoms with Gasteiger partial charge in [-0.15, -0.1) is 0 Å². The van der Waals surface area contributed by atoms with Crippen LogP contribution in [0.25, 0.3) is 22.8 Å². The predicted octanol–water partition coefficient (Wildman–Crippen LogP) is 8.17. The van der Waals surface area contributed by atoms with Gasteiger partial charge >= 0.3 is 0 Å². The highest BCUT2D eigenvalue weighted by atomic mass is 79.9. The second-order valence-electron chi connectivity index (χ2n) is 7.45. The predicted molar refractivity (Wildman–Crippen MR) is 140 cm³/mol. The van der Waals surface area contributed by atoms with Crippen LogP contribution in [0.15, 0.2) is 128 Å². The SMILES string of the molecule is O=C(Nc1ccccc1Sc1ccccc1)c1ccccc1-c1ncc(-c2ccc(Br)cc2)o1. The summed E-state index contributed by atoms with van der Waals surface area (Å²) in [6, 6.07) is 33.0. The van der Waals surface area contributed by atoms with Crippen LogP contribution in [0.3, 0.4) is 0 Å². The number of aromatic nitrogens is 1. The molecule has 0 radical (unpaired) electrons. The van der Waals surface area contributed by atoms with Gasteiger partial charge in [-0.3, -0.25) is 4.79 Å². The van der Waals surface area contributed by atoms with E-state index in [2.05, 4.69) is 26.2 Å². The Labute approximate surface area is 210 Å². The summed E-state index contributed by atoms with van der Waals surface area (Å²) in [6.45, 7) is 0. The minimum Gasteiger partial charge on any atom is -0.436 e. The van der Waals surface area contributed by atoms with E-state index in [0.717, 1.165) is 25.5 Å². The van der Waals surface area contributed by atoms with Gasteiger partial charge in [0.05, 0.1) is 17.4 Å². The van der Waals surface area contributed by atoms with Crippen LogP contribution in [0.2, 0.25) is 0 Å². The molecule has 1 amide bonds. The molecule has 4 nitrogen and oxygen atoms in total. The van der Waals surface area contributed by atoms with E-state index in [1.54, 1.807) is 24.0 Å². The summed E-state index contributed by atoms with van der Waals surface area (Å²) in [5.74, 6) is 0.818. The number of carbonyl (C=O) groups is 1. The molecule has 0 aliphatic carbocycles. The summed E-state index contributed by atoms with van der Waals surface area (Å²) >= 11 is 5.05. The van der Waals surface area contributed by atoms with Crippen LogP contribution in [-0.4, -0.2) is 10.9 Å². The molecule has 0 bridgehead atoms. The van der Waals surface area contributed by atoms with Crippen molar-refractivity contribution in [1.82, 2.24) is 4.98 Å². The fraction of sp³-hybridized carbons (Fsp3) is 0. The van der Waals surface area contributed by atoms with Crippen molar-refractivity contribution in [3.63, 3.8) is 0 Å². The van der Waals surface area contributed by atoms with E-state index in [0.29, 0.717) is 22.8 Å². The smallest absolute Gasteiger partial charge is 0.256 e. The van der Waals surface area contributed by atoms with Gasteiger partial charge in [0.25, 0.3) is 5.91 Å². The fourth-order valence-electron chi connectivity index (χ4n) is 3.48. The Kier molecular flexibility index (Phi) is 6.60. The van der Waals surface area contributed by atoms with Crippen molar-refractivity contribution in [2.75, 3.05) is 5.32 Å². The molecule has 5 rings (SSSR count). The molecule has 0 saturated carbocycles. The van der Waals surface area contributed by atoms with E-state index in [1.165, 1.54) is 0 Å². The second-order valence-corrected chi connectivity index (χ2v) is 9.48. The number of nitrogens with one attached hydrogen (secondary N) is 1. The molecule has 1 N–H and O–H groups in total. The lowest BCUT2D eigenvalue weighted by molar-refractivity contribution is 0.102. The summed E-state index contributed by atoms with van der Waals surface area (Å²) < 4.78 is 7.02. The zero-order chi connectivity index (χ0) is 23.3. The molecule has 6 heteroatoms. The first-order valence-electron chi connectivity index (χ1n) is 10.6. The Morgan fingerprint density at radius 3 is 2.35 bits per heavy atom. The Morgan fingerprint density at radius 2 is 1.53 bits per heavy atom. The summed E-state index contributed by atoms with van der Waals surface area (Å²) in [5.41, 5.74) is 2.79. The third-order valence-corrected chi connectivity index (χ3v) is 6.76. The number of hydrogen-bond acceptors (Lipinski definition) is 4. The van der Waals surface area contributed by atoms with Crippen LogP contribution in [0, 0.1) is 0 Å². The zero-order valence-electron chi connectivity index (χ0n) is 17.9. The number of carbonyl (C=O) groups excluding carboxylic acids is 1. The van der Waals surface area contributed by atoms with Gasteiger partial charge in [0, 0.05) is 25.4 Å². The van der Waals surface area contributed by atoms with Crippen molar-refractivity contribution in [2.45, 2.75) is 9.79 Å². The number of benzene rings is 4. The van der Waals surface area contributed by atoms with Crippen LogP contribution in [0.1, 0.15) is 10.4 Å². The normalized spacial score (nSPS) is 10.7. The van der Waals surface area contributed by atoms with Crippen molar-refractivity contribution in [2.24, 2.45) is 0 Å². The molecule has 0 unspecified atom stereocenters. The molecule has 34 heavy (non-hydrogen) atoms. The van der Waals surface area contributed by atoms with Crippen LogP contribution in [0.4, 0.5) is 5.69 Å². The Hall–Kier alpha value is -3.61. The van der Waals surface area contributed by atoms with Crippen LogP contribution in [0.5, 0.6) is 0 Å². The van der Waals surface area contributed by atoms with E-state index in [9.17, 15) is 4.79 Å². The quantitative estimate of drug-likeness (QED) is 0.242. The van der Waals surface area contributed by atoms with Gasteiger partial charge in [-0.1, -0.05) is 82.3 Å². The average molecular weight is 527 g/mol. The molecule has 0 aliphatic rings. The van der Waals surface area contributed by atoms with Crippen molar-refractivity contribution < 1.29 is 9.21 Å². The average Bonchev–Trinajstić information content (AvgIpc) is 3.36. The molecule has 1 aromatic heterocycles. The number of rotatable bonds is 6. The summed E-state index contributed by atoms with van der Waals surface area (Å²) in [5, 5.41) is 3.07. The molecule has 4 aromatic carbocycles. The fourth-order valence-corrected chi connectivity index (χ4v) is 4.67. The number of nitrogens with zero attached hydrogens (tertiary/aromatic N) is 1. The van der Waals surface area contributed by atoms with Gasteiger partial charge in [-0.2, -0.15) is 0 Å². The van der Waals surface area contributed by atoms with E-state index in [1.807, 2.05) is 97.1 Å². The van der Waals surface area contributed by atoms with Crippen molar-refractivity contribution >= 4 is 39.3 Å². The Bertz CT molecular complexity index is 1430. The highest BCUT2D eigenvalue weighted by Crippen LogP contribution is 2.34. The Morgan fingerprint density at radius 1 is 0.824 bits per heavy atom. The number of para-hydroxylation sites is 1. The maximum atomic E-state index is 13.3. The minimum atomic E-state index is -0.222. The van der Waals surface area contributed by atoms with Crippen LogP contribution >= 0.6 is 27.7 Å². The molecular formula is C28H19BrN2O2S. The third kappa shape index (κ3) is 4.98. The van der Waals surface area contributed by atoms with E-state index < -0.39 is 0 Å². The van der Waals surface area contributed by atoms with Crippen LogP contribution in [-0.2, 0) is 0 Å². The monoisotopic (exact) mass is 526 g/mol. The number of hydrogen-bond donors (Lipinski definition) is 1. The topological polar surface area (TPSA) is 55.1 Å². The standard InChI is InChI=1S/C28H19BrN2O2S/c29-20-16-14-19(15-17-20)25-18-30-28(33-25)23-11-5-4-10-22(23)27(32)31-24-12-6-7-13-26(24)34-21-8-2-1-3-9-21/h1-18H,(H,31,32). The van der Waals surface area contributed by atoms with E-state index in [-0.39, 0.29) is 5.91 Å². The highest BCUT2D eigenvalue weighted by Gasteiger charge is 2.18. The van der Waals surface area contributed by atoms with Gasteiger partial charge in [0.2, 0.25) is 5.89 Å². The van der Waals surface area contributed by atoms with E-state index in [4.69, 9.17) is 4.42 Å². The van der Waals surface area contributed by atoms with Crippen LogP contribution < -0.4 is 5.32 Å². The van der Waals surface area contributed by atoms with Gasteiger partial charge in [-0.05, 0) is 48.5 Å². The number of anilines is 1. The zero-order valence-corrected chi connectivity index (χ0v) is 20.3. The molecule has 0 fully saturated rings. The Balaban J connectivity index is 1.42. The summed E-state index contributed by atoms with van der Waals surface area (Å²) in [4.78, 5) is 19.8.